The molecule has 1 aromatic rings. The van der Waals surface area contributed by atoms with E-state index in [1.807, 2.05) is 11.8 Å². The molecule has 0 bridgehead atoms. The maximum absolute atomic E-state index is 11.1. The summed E-state index contributed by atoms with van der Waals surface area (Å²) in [5.74, 6) is 2.01. The zero-order chi connectivity index (χ0) is 12.5. The molecule has 18 heavy (non-hydrogen) atoms. The molecule has 0 radical (unpaired) electrons. The van der Waals surface area contributed by atoms with Crippen LogP contribution in [0.5, 0.6) is 0 Å². The molecule has 1 amide bonds. The normalized spacial score (nSPS) is 9.67. The van der Waals surface area contributed by atoms with E-state index in [-0.39, 0.29) is 18.3 Å². The summed E-state index contributed by atoms with van der Waals surface area (Å²) in [6, 6.07) is 8.57. The molecule has 102 valence electrons. The highest BCUT2D eigenvalue weighted by Crippen LogP contribution is 2.12. The summed E-state index contributed by atoms with van der Waals surface area (Å²) in [6.45, 7) is 3.22. The summed E-state index contributed by atoms with van der Waals surface area (Å²) in [5, 5.41) is 5.68. The van der Waals surface area contributed by atoms with Gasteiger partial charge in [-0.1, -0.05) is 29.8 Å². The Labute approximate surface area is 120 Å². The Hall–Kier alpha value is -0.710. The smallest absolute Gasteiger partial charge is 0.233 e. The third-order valence-corrected chi connectivity index (χ3v) is 3.33. The van der Waals surface area contributed by atoms with Gasteiger partial charge >= 0.3 is 0 Å². The molecule has 0 unspecified atom stereocenters. The van der Waals surface area contributed by atoms with Gasteiger partial charge in [0.1, 0.15) is 0 Å². The number of hydrogen-bond acceptors (Lipinski definition) is 3. The van der Waals surface area contributed by atoms with E-state index in [9.17, 15) is 4.79 Å². The van der Waals surface area contributed by atoms with Crippen LogP contribution in [0.2, 0.25) is 0 Å². The summed E-state index contributed by atoms with van der Waals surface area (Å²) in [5.41, 5.74) is 2.63. The predicted molar refractivity (Wildman–Crippen MR) is 81.5 cm³/mol. The summed E-state index contributed by atoms with van der Waals surface area (Å²) < 4.78 is 0. The summed E-state index contributed by atoms with van der Waals surface area (Å²) in [6.07, 6.45) is 0. The molecule has 1 aromatic carbocycles. The van der Waals surface area contributed by atoms with Gasteiger partial charge in [-0.3, -0.25) is 4.79 Å². The number of halogens is 1. The van der Waals surface area contributed by atoms with E-state index in [0.717, 1.165) is 18.1 Å². The van der Waals surface area contributed by atoms with Gasteiger partial charge in [-0.05, 0) is 19.5 Å². The predicted octanol–water partition coefficient (Wildman–Crippen LogP) is 1.99. The average Bonchev–Trinajstić information content (AvgIpc) is 2.31. The largest absolute Gasteiger partial charge is 0.354 e. The van der Waals surface area contributed by atoms with Gasteiger partial charge in [-0.15, -0.1) is 12.4 Å². The van der Waals surface area contributed by atoms with Crippen LogP contribution in [0.1, 0.15) is 11.1 Å². The molecule has 0 aromatic heterocycles. The quantitative estimate of drug-likeness (QED) is 0.754. The first kappa shape index (κ1) is 17.3. The molecule has 0 aliphatic carbocycles. The number of nitrogens with one attached hydrogen (secondary N) is 2. The van der Waals surface area contributed by atoms with Crippen LogP contribution >= 0.6 is 24.2 Å². The fourth-order valence-electron chi connectivity index (χ4n) is 1.36. The maximum Gasteiger partial charge on any atom is 0.233 e. The topological polar surface area (TPSA) is 41.1 Å². The monoisotopic (exact) mass is 288 g/mol. The number of rotatable bonds is 7. The molecule has 3 nitrogen and oxygen atoms in total. The van der Waals surface area contributed by atoms with Crippen LogP contribution < -0.4 is 10.6 Å². The van der Waals surface area contributed by atoms with Gasteiger partial charge in [0.25, 0.3) is 0 Å². The van der Waals surface area contributed by atoms with Gasteiger partial charge in [-0.25, -0.2) is 0 Å². The Balaban J connectivity index is 0.00000289. The number of carbonyl (C=O) groups is 1. The van der Waals surface area contributed by atoms with Gasteiger partial charge in [0.05, 0.1) is 6.54 Å². The molecular formula is C13H21ClN2OS. The molecule has 0 atom stereocenters. The minimum absolute atomic E-state index is 0. The Morgan fingerprint density at radius 1 is 1.28 bits per heavy atom. The molecule has 2 N–H and O–H groups in total. The van der Waals surface area contributed by atoms with Crippen molar-refractivity contribution in [2.75, 3.05) is 25.9 Å². The van der Waals surface area contributed by atoms with Gasteiger partial charge in [0.15, 0.2) is 0 Å². The highest BCUT2D eigenvalue weighted by Gasteiger charge is 1.98. The first-order valence-electron chi connectivity index (χ1n) is 5.77. The lowest BCUT2D eigenvalue weighted by atomic mass is 10.2. The first-order chi connectivity index (χ1) is 8.22. The fraction of sp³-hybridized carbons (Fsp3) is 0.462. The highest BCUT2D eigenvalue weighted by molar-refractivity contribution is 7.98. The van der Waals surface area contributed by atoms with Crippen molar-refractivity contribution < 1.29 is 4.79 Å². The summed E-state index contributed by atoms with van der Waals surface area (Å²) in [4.78, 5) is 11.1. The van der Waals surface area contributed by atoms with Crippen LogP contribution in [0, 0.1) is 6.92 Å². The molecule has 5 heteroatoms. The number of aryl methyl sites for hydroxylation is 1. The zero-order valence-corrected chi connectivity index (χ0v) is 12.5. The lowest BCUT2D eigenvalue weighted by molar-refractivity contribution is -0.120. The molecule has 0 fully saturated rings. The van der Waals surface area contributed by atoms with E-state index in [4.69, 9.17) is 0 Å². The molecule has 0 aliphatic rings. The van der Waals surface area contributed by atoms with Crippen LogP contribution in [-0.2, 0) is 10.5 Å². The van der Waals surface area contributed by atoms with Crippen LogP contribution in [0.25, 0.3) is 0 Å². The molecule has 0 heterocycles. The van der Waals surface area contributed by atoms with Gasteiger partial charge in [0.2, 0.25) is 5.91 Å². The van der Waals surface area contributed by atoms with Crippen molar-refractivity contribution in [3.63, 3.8) is 0 Å². The van der Waals surface area contributed by atoms with Crippen molar-refractivity contribution in [1.82, 2.24) is 10.6 Å². The van der Waals surface area contributed by atoms with Crippen molar-refractivity contribution in [2.45, 2.75) is 12.7 Å². The standard InChI is InChI=1S/C13H20N2OS.ClH/c1-11-3-5-12(6-4-11)10-17-8-7-15-13(16)9-14-2;/h3-6,14H,7-10H2,1-2H3,(H,15,16);1H. The minimum atomic E-state index is 0. The van der Waals surface area contributed by atoms with Crippen LogP contribution in [0.15, 0.2) is 24.3 Å². The molecule has 1 rings (SSSR count). The second kappa shape index (κ2) is 10.2. The third-order valence-electron chi connectivity index (χ3n) is 2.30. The van der Waals surface area contributed by atoms with Crippen LogP contribution in [0.3, 0.4) is 0 Å². The molecule has 0 aliphatic heterocycles. The third kappa shape index (κ3) is 7.58. The Morgan fingerprint density at radius 2 is 1.94 bits per heavy atom. The number of hydrogen-bond donors (Lipinski definition) is 2. The number of carbonyl (C=O) groups excluding carboxylic acids is 1. The fourth-order valence-corrected chi connectivity index (χ4v) is 2.18. The second-order valence-corrected chi connectivity index (χ2v) is 5.02. The Bertz CT molecular complexity index is 343. The number of benzene rings is 1. The lowest BCUT2D eigenvalue weighted by Crippen LogP contribution is -2.33. The van der Waals surface area contributed by atoms with Gasteiger partial charge in [0, 0.05) is 18.1 Å². The molecule has 0 saturated heterocycles. The number of amides is 1. The summed E-state index contributed by atoms with van der Waals surface area (Å²) >= 11 is 1.84. The van der Waals surface area contributed by atoms with Crippen molar-refractivity contribution in [3.8, 4) is 0 Å². The van der Waals surface area contributed by atoms with Crippen molar-refractivity contribution in [2.24, 2.45) is 0 Å². The molecule has 0 spiro atoms. The van der Waals surface area contributed by atoms with Crippen LogP contribution in [0.4, 0.5) is 0 Å². The number of thioether (sulfide) groups is 1. The first-order valence-corrected chi connectivity index (χ1v) is 6.92. The molecular weight excluding hydrogens is 268 g/mol. The Kier molecular flexibility index (Phi) is 9.83. The number of likely N-dealkylation sites (N-methyl/N-ethyl adjacent to an activating group) is 1. The van der Waals surface area contributed by atoms with Crippen molar-refractivity contribution in [3.05, 3.63) is 35.4 Å². The van der Waals surface area contributed by atoms with Crippen molar-refractivity contribution in [1.29, 1.82) is 0 Å². The van der Waals surface area contributed by atoms with Gasteiger partial charge in [-0.2, -0.15) is 11.8 Å². The Morgan fingerprint density at radius 3 is 2.56 bits per heavy atom. The van der Waals surface area contributed by atoms with E-state index in [2.05, 4.69) is 41.8 Å². The van der Waals surface area contributed by atoms with E-state index in [1.165, 1.54) is 11.1 Å². The average molecular weight is 289 g/mol. The summed E-state index contributed by atoms with van der Waals surface area (Å²) in [7, 11) is 1.77. The maximum atomic E-state index is 11.1. The van der Waals surface area contributed by atoms with E-state index < -0.39 is 0 Å². The highest BCUT2D eigenvalue weighted by atomic mass is 35.5. The van der Waals surface area contributed by atoms with Crippen LogP contribution in [-0.4, -0.2) is 31.8 Å². The zero-order valence-electron chi connectivity index (χ0n) is 10.9. The second-order valence-electron chi connectivity index (χ2n) is 3.92. The van der Waals surface area contributed by atoms with E-state index in [1.54, 1.807) is 7.05 Å². The van der Waals surface area contributed by atoms with E-state index >= 15 is 0 Å². The van der Waals surface area contributed by atoms with E-state index in [0.29, 0.717) is 6.54 Å². The van der Waals surface area contributed by atoms with Gasteiger partial charge < -0.3 is 10.6 Å². The SMILES string of the molecule is CNCC(=O)NCCSCc1ccc(C)cc1.Cl. The van der Waals surface area contributed by atoms with Crippen molar-refractivity contribution >= 4 is 30.1 Å². The minimum Gasteiger partial charge on any atom is -0.354 e. The molecule has 0 saturated carbocycles. The lowest BCUT2D eigenvalue weighted by Gasteiger charge is -2.05.